The summed E-state index contributed by atoms with van der Waals surface area (Å²) < 4.78 is 11.7. The molecule has 0 atom stereocenters. The van der Waals surface area contributed by atoms with Crippen LogP contribution in [0.15, 0.2) is 40.2 Å². The van der Waals surface area contributed by atoms with Crippen molar-refractivity contribution >= 4 is 82.5 Å². The average Bonchev–Trinajstić information content (AvgIpc) is 3.34. The number of hydrogen-bond donors (Lipinski definition) is 0. The van der Waals surface area contributed by atoms with E-state index in [4.69, 9.17) is 9.47 Å². The molecule has 0 bridgehead atoms. The zero-order chi connectivity index (χ0) is 19.6. The molecular formula is C18H16O4S5. The lowest BCUT2D eigenvalue weighted by Crippen LogP contribution is -2.08. The largest absolute Gasteiger partial charge is 0.465 e. The van der Waals surface area contributed by atoms with Crippen LogP contribution < -0.4 is 0 Å². The van der Waals surface area contributed by atoms with E-state index in [9.17, 15) is 9.59 Å². The van der Waals surface area contributed by atoms with Gasteiger partial charge in [-0.15, -0.1) is 11.3 Å². The summed E-state index contributed by atoms with van der Waals surface area (Å²) in [6.45, 7) is 4.27. The Balaban J connectivity index is 1.75. The summed E-state index contributed by atoms with van der Waals surface area (Å²) in [5.74, 6) is -1.05. The van der Waals surface area contributed by atoms with Crippen molar-refractivity contribution in [1.29, 1.82) is 0 Å². The van der Waals surface area contributed by atoms with Gasteiger partial charge in [-0.2, -0.15) is 0 Å². The lowest BCUT2D eigenvalue weighted by Gasteiger charge is -2.00. The zero-order valence-corrected chi connectivity index (χ0v) is 19.1. The van der Waals surface area contributed by atoms with E-state index in [1.807, 2.05) is 12.1 Å². The van der Waals surface area contributed by atoms with E-state index in [1.165, 1.54) is 56.7 Å². The topological polar surface area (TPSA) is 52.6 Å². The van der Waals surface area contributed by atoms with E-state index in [1.54, 1.807) is 34.9 Å². The zero-order valence-electron chi connectivity index (χ0n) is 15.0. The molecular weight excluding hydrogens is 441 g/mol. The molecule has 2 aliphatic rings. The van der Waals surface area contributed by atoms with E-state index >= 15 is 0 Å². The van der Waals surface area contributed by atoms with E-state index in [0.29, 0.717) is 0 Å². The Labute approximate surface area is 178 Å². The van der Waals surface area contributed by atoms with Gasteiger partial charge in [0.2, 0.25) is 0 Å². The average molecular weight is 457 g/mol. The quantitative estimate of drug-likeness (QED) is 0.503. The molecule has 0 saturated heterocycles. The molecule has 4 nitrogen and oxygen atoms in total. The standard InChI is InChI=1S/C18H16O4S5/c1-9-10(2)24-13(23-9)7-11-5-6-12(25-11)8-14-26-15(17(19)21-3)16(27-14)18(20)22-4/h5-8H,1-4H3. The highest BCUT2D eigenvalue weighted by molar-refractivity contribution is 8.29. The SMILES string of the molecule is COC(=O)C1=C(C(=O)OC)SC(=Cc2ccc(C=C3SC(C)=C(C)S3)s2)S1. The lowest BCUT2D eigenvalue weighted by molar-refractivity contribution is -0.138. The Hall–Kier alpha value is -1.000. The summed E-state index contributed by atoms with van der Waals surface area (Å²) in [5, 5.41) is 0. The molecule has 0 N–H and O–H groups in total. The normalized spacial score (nSPS) is 16.9. The van der Waals surface area contributed by atoms with Gasteiger partial charge in [0, 0.05) is 9.75 Å². The number of methoxy groups -OCH3 is 2. The van der Waals surface area contributed by atoms with Gasteiger partial charge in [0.25, 0.3) is 0 Å². The number of allylic oxidation sites excluding steroid dienone is 2. The number of thiophene rings is 1. The van der Waals surface area contributed by atoms with Crippen molar-refractivity contribution in [2.24, 2.45) is 0 Å². The first-order chi connectivity index (χ1) is 12.9. The highest BCUT2D eigenvalue weighted by Crippen LogP contribution is 2.51. The molecule has 1 aromatic heterocycles. The van der Waals surface area contributed by atoms with Gasteiger partial charge in [0.1, 0.15) is 9.81 Å². The van der Waals surface area contributed by atoms with E-state index < -0.39 is 11.9 Å². The van der Waals surface area contributed by atoms with Crippen molar-refractivity contribution in [1.82, 2.24) is 0 Å². The maximum atomic E-state index is 11.9. The van der Waals surface area contributed by atoms with Gasteiger partial charge in [-0.05, 0) is 47.9 Å². The van der Waals surface area contributed by atoms with Gasteiger partial charge < -0.3 is 9.47 Å². The van der Waals surface area contributed by atoms with Crippen molar-refractivity contribution < 1.29 is 19.1 Å². The molecule has 0 unspecified atom stereocenters. The Morgan fingerprint density at radius 2 is 1.19 bits per heavy atom. The molecule has 0 amide bonds. The number of ether oxygens (including phenoxy) is 2. The first kappa shape index (κ1) is 20.7. The third-order valence-corrected chi connectivity index (χ3v) is 9.41. The fraction of sp³-hybridized carbons (Fsp3) is 0.222. The van der Waals surface area contributed by atoms with E-state index in [-0.39, 0.29) is 9.81 Å². The molecule has 2 aliphatic heterocycles. The predicted molar refractivity (Wildman–Crippen MR) is 120 cm³/mol. The number of rotatable bonds is 4. The van der Waals surface area contributed by atoms with Crippen molar-refractivity contribution in [3.05, 3.63) is 50.0 Å². The summed E-state index contributed by atoms with van der Waals surface area (Å²) in [5.41, 5.74) is 0. The highest BCUT2D eigenvalue weighted by Gasteiger charge is 2.32. The molecule has 0 radical (unpaired) electrons. The molecule has 0 saturated carbocycles. The molecule has 3 rings (SSSR count). The first-order valence-corrected chi connectivity index (χ1v) is 11.8. The van der Waals surface area contributed by atoms with Gasteiger partial charge in [-0.1, -0.05) is 47.0 Å². The van der Waals surface area contributed by atoms with Crippen molar-refractivity contribution in [2.75, 3.05) is 14.2 Å². The second-order valence-electron chi connectivity index (χ2n) is 5.33. The highest BCUT2D eigenvalue weighted by atomic mass is 32.2. The molecule has 142 valence electrons. The van der Waals surface area contributed by atoms with Crippen LogP contribution in [0.2, 0.25) is 0 Å². The number of carbonyl (C=O) groups excluding carboxylic acids is 2. The number of hydrogen-bond acceptors (Lipinski definition) is 9. The Kier molecular flexibility index (Phi) is 6.91. The molecule has 0 aromatic carbocycles. The molecule has 3 heterocycles. The third-order valence-electron chi connectivity index (χ3n) is 3.52. The fourth-order valence-corrected chi connectivity index (χ4v) is 8.11. The van der Waals surface area contributed by atoms with Gasteiger partial charge >= 0.3 is 11.9 Å². The van der Waals surface area contributed by atoms with Crippen molar-refractivity contribution in [2.45, 2.75) is 13.8 Å². The van der Waals surface area contributed by atoms with Crippen LogP contribution in [-0.4, -0.2) is 26.2 Å². The van der Waals surface area contributed by atoms with Gasteiger partial charge in [-0.25, -0.2) is 9.59 Å². The Morgan fingerprint density at radius 3 is 1.59 bits per heavy atom. The van der Waals surface area contributed by atoms with Crippen LogP contribution in [0.1, 0.15) is 23.6 Å². The second-order valence-corrected chi connectivity index (χ2v) is 11.6. The monoisotopic (exact) mass is 456 g/mol. The summed E-state index contributed by atoms with van der Waals surface area (Å²) in [4.78, 5) is 29.3. The van der Waals surface area contributed by atoms with Crippen LogP contribution in [0.3, 0.4) is 0 Å². The van der Waals surface area contributed by atoms with Crippen molar-refractivity contribution in [3.8, 4) is 0 Å². The lowest BCUT2D eigenvalue weighted by atomic mass is 10.4. The molecule has 0 spiro atoms. The fourth-order valence-electron chi connectivity index (χ4n) is 2.11. The van der Waals surface area contributed by atoms with Crippen LogP contribution in [0.4, 0.5) is 0 Å². The third kappa shape index (κ3) is 4.89. The second kappa shape index (κ2) is 9.00. The summed E-state index contributed by atoms with van der Waals surface area (Å²) in [6, 6.07) is 4.12. The predicted octanol–water partition coefficient (Wildman–Crippen LogP) is 6.11. The Morgan fingerprint density at radius 1 is 0.778 bits per heavy atom. The molecule has 1 aromatic rings. The summed E-state index contributed by atoms with van der Waals surface area (Å²) in [7, 11) is 2.60. The number of esters is 2. The molecule has 27 heavy (non-hydrogen) atoms. The van der Waals surface area contributed by atoms with Crippen molar-refractivity contribution in [3.63, 3.8) is 0 Å². The summed E-state index contributed by atoms with van der Waals surface area (Å²) in [6.07, 6.45) is 4.17. The van der Waals surface area contributed by atoms with Crippen LogP contribution in [-0.2, 0) is 19.1 Å². The van der Waals surface area contributed by atoms with Gasteiger partial charge in [0.15, 0.2) is 0 Å². The molecule has 9 heteroatoms. The molecule has 0 aliphatic carbocycles. The van der Waals surface area contributed by atoms with Gasteiger partial charge in [0.05, 0.1) is 22.7 Å². The van der Waals surface area contributed by atoms with Crippen LogP contribution in [0.5, 0.6) is 0 Å². The van der Waals surface area contributed by atoms with E-state index in [2.05, 4.69) is 26.0 Å². The molecule has 0 fully saturated rings. The van der Waals surface area contributed by atoms with Crippen LogP contribution >= 0.6 is 58.4 Å². The van der Waals surface area contributed by atoms with Crippen LogP contribution in [0, 0.1) is 0 Å². The minimum atomic E-state index is -0.526. The number of thioether (sulfide) groups is 4. The minimum Gasteiger partial charge on any atom is -0.465 e. The maximum Gasteiger partial charge on any atom is 0.346 e. The smallest absolute Gasteiger partial charge is 0.346 e. The minimum absolute atomic E-state index is 0.273. The number of carbonyl (C=O) groups is 2. The Bertz CT molecular complexity index is 874. The van der Waals surface area contributed by atoms with E-state index in [0.717, 1.165) is 9.11 Å². The maximum absolute atomic E-state index is 11.9. The first-order valence-electron chi connectivity index (χ1n) is 7.74. The van der Waals surface area contributed by atoms with Crippen LogP contribution in [0.25, 0.3) is 12.2 Å². The van der Waals surface area contributed by atoms with Gasteiger partial charge in [-0.3, -0.25) is 0 Å². The summed E-state index contributed by atoms with van der Waals surface area (Å²) >= 11 is 7.74.